The second kappa shape index (κ2) is 26.0. The van der Waals surface area contributed by atoms with Gasteiger partial charge in [0.15, 0.2) is 0 Å². The Morgan fingerprint density at radius 1 is 0.520 bits per heavy atom. The molecule has 0 N–H and O–H groups in total. The highest BCUT2D eigenvalue weighted by atomic mass is 16.5. The Labute approximate surface area is 307 Å². The second-order valence-electron chi connectivity index (χ2n) is 15.2. The summed E-state index contributed by atoms with van der Waals surface area (Å²) in [5.41, 5.74) is 0. The normalized spacial score (nSPS) is 20.4. The van der Waals surface area contributed by atoms with Crippen LogP contribution in [0.1, 0.15) is 149 Å². The molecule has 0 aromatic heterocycles. The fraction of sp³-hybridized carbons (Fsp3) is 0.900. The lowest BCUT2D eigenvalue weighted by Crippen LogP contribution is -2.39. The van der Waals surface area contributed by atoms with Crippen LogP contribution in [-0.2, 0) is 38.1 Å². The van der Waals surface area contributed by atoms with Crippen molar-refractivity contribution in [1.29, 1.82) is 0 Å². The van der Waals surface area contributed by atoms with Gasteiger partial charge in [-0.05, 0) is 81.1 Å². The Morgan fingerprint density at radius 2 is 0.840 bits per heavy atom. The van der Waals surface area contributed by atoms with Gasteiger partial charge >= 0.3 is 0 Å². The molecule has 0 radical (unpaired) electrons. The minimum atomic E-state index is 0. The van der Waals surface area contributed by atoms with Gasteiger partial charge in [-0.15, -0.1) is 0 Å². The Morgan fingerprint density at radius 3 is 1.10 bits per heavy atom. The Balaban J connectivity index is 0. The summed E-state index contributed by atoms with van der Waals surface area (Å²) in [6.07, 6.45) is 5.46. The number of ketones is 2. The van der Waals surface area contributed by atoms with Gasteiger partial charge in [-0.25, -0.2) is 0 Å². The van der Waals surface area contributed by atoms with Gasteiger partial charge in [-0.2, -0.15) is 0 Å². The predicted octanol–water partition coefficient (Wildman–Crippen LogP) is 7.67. The van der Waals surface area contributed by atoms with Gasteiger partial charge in [0.05, 0.1) is 61.9 Å². The van der Waals surface area contributed by atoms with Gasteiger partial charge in [0.25, 0.3) is 0 Å². The van der Waals surface area contributed by atoms with Crippen LogP contribution in [0.2, 0.25) is 0 Å². The third-order valence-corrected chi connectivity index (χ3v) is 8.48. The maximum absolute atomic E-state index is 12.6. The highest BCUT2D eigenvalue weighted by Gasteiger charge is 2.37. The maximum Gasteiger partial charge on any atom is 0.223 e. The van der Waals surface area contributed by atoms with Crippen molar-refractivity contribution in [2.24, 2.45) is 11.8 Å². The standard InChI is InChI=1S/2C19H35NO4.2CH4/c2*1-13(2)18(21)8-7-9-19(22)20-11-17(24-15(5)6)10-16(20)12-23-14(3)4;;/h2*13-17H,7-12H2,1-6H3;2*1H4/t16-,17+;;;/m0.../s1. The summed E-state index contributed by atoms with van der Waals surface area (Å²) in [5.74, 6) is 0.762. The molecule has 2 aliphatic heterocycles. The first kappa shape index (κ1) is 50.2. The summed E-state index contributed by atoms with van der Waals surface area (Å²) in [7, 11) is 0. The molecule has 50 heavy (non-hydrogen) atoms. The summed E-state index contributed by atoms with van der Waals surface area (Å²) in [6.45, 7) is 26.0. The van der Waals surface area contributed by atoms with E-state index in [-0.39, 0.29) is 98.8 Å². The molecule has 0 bridgehead atoms. The van der Waals surface area contributed by atoms with Crippen molar-refractivity contribution < 1.29 is 38.1 Å². The van der Waals surface area contributed by atoms with Crippen LogP contribution in [0, 0.1) is 11.8 Å². The van der Waals surface area contributed by atoms with Gasteiger partial charge < -0.3 is 28.7 Å². The third kappa shape index (κ3) is 20.2. The number of amides is 2. The molecule has 0 spiro atoms. The monoisotopic (exact) mass is 715 g/mol. The Kier molecular flexibility index (Phi) is 26.1. The highest BCUT2D eigenvalue weighted by Crippen LogP contribution is 2.25. The van der Waals surface area contributed by atoms with E-state index in [1.54, 1.807) is 0 Å². The van der Waals surface area contributed by atoms with Gasteiger partial charge in [0, 0.05) is 50.6 Å². The molecule has 10 heteroatoms. The first-order valence-corrected chi connectivity index (χ1v) is 18.6. The van der Waals surface area contributed by atoms with E-state index in [9.17, 15) is 19.2 Å². The van der Waals surface area contributed by atoms with E-state index < -0.39 is 0 Å². The molecule has 4 atom stereocenters. The van der Waals surface area contributed by atoms with Crippen LogP contribution in [0.15, 0.2) is 0 Å². The third-order valence-electron chi connectivity index (χ3n) is 8.48. The molecule has 2 aliphatic rings. The quantitative estimate of drug-likeness (QED) is 0.126. The van der Waals surface area contributed by atoms with E-state index >= 15 is 0 Å². The van der Waals surface area contributed by atoms with Crippen molar-refractivity contribution in [1.82, 2.24) is 9.80 Å². The minimum absolute atomic E-state index is 0. The summed E-state index contributed by atoms with van der Waals surface area (Å²) in [5, 5.41) is 0. The molecular formula is C40H78N2O8. The summed E-state index contributed by atoms with van der Waals surface area (Å²) in [6, 6.07) is 0.147. The van der Waals surface area contributed by atoms with Crippen molar-refractivity contribution in [3.8, 4) is 0 Å². The van der Waals surface area contributed by atoms with E-state index in [1.807, 2.05) is 92.9 Å². The molecule has 2 unspecified atom stereocenters. The van der Waals surface area contributed by atoms with Gasteiger partial charge in [0.2, 0.25) is 11.8 Å². The molecule has 10 nitrogen and oxygen atoms in total. The van der Waals surface area contributed by atoms with Gasteiger partial charge in [0.1, 0.15) is 11.6 Å². The van der Waals surface area contributed by atoms with Crippen LogP contribution in [-0.4, -0.2) is 108 Å². The molecule has 2 rings (SSSR count). The predicted molar refractivity (Wildman–Crippen MR) is 203 cm³/mol. The number of nitrogens with zero attached hydrogens (tertiary/aromatic N) is 2. The number of hydrogen-bond acceptors (Lipinski definition) is 8. The molecule has 296 valence electrons. The van der Waals surface area contributed by atoms with Gasteiger partial charge in [-0.3, -0.25) is 19.2 Å². The van der Waals surface area contributed by atoms with Crippen molar-refractivity contribution in [2.75, 3.05) is 26.3 Å². The fourth-order valence-corrected chi connectivity index (χ4v) is 5.94. The zero-order valence-corrected chi connectivity index (χ0v) is 32.4. The Hall–Kier alpha value is -1.88. The van der Waals surface area contributed by atoms with Crippen LogP contribution < -0.4 is 0 Å². The molecule has 0 aromatic carbocycles. The fourth-order valence-electron chi connectivity index (χ4n) is 5.94. The first-order chi connectivity index (χ1) is 22.4. The number of likely N-dealkylation sites (tertiary alicyclic amines) is 2. The van der Waals surface area contributed by atoms with E-state index in [0.29, 0.717) is 64.8 Å². The lowest BCUT2D eigenvalue weighted by Gasteiger charge is -2.25. The maximum atomic E-state index is 12.6. The summed E-state index contributed by atoms with van der Waals surface area (Å²) in [4.78, 5) is 52.4. The molecule has 0 aromatic rings. The zero-order valence-electron chi connectivity index (χ0n) is 32.4. The van der Waals surface area contributed by atoms with Crippen LogP contribution in [0.4, 0.5) is 0 Å². The van der Waals surface area contributed by atoms with Crippen molar-refractivity contribution >= 4 is 23.4 Å². The van der Waals surface area contributed by atoms with Crippen LogP contribution in [0.25, 0.3) is 0 Å². The summed E-state index contributed by atoms with van der Waals surface area (Å²) >= 11 is 0. The van der Waals surface area contributed by atoms with Crippen LogP contribution >= 0.6 is 0 Å². The first-order valence-electron chi connectivity index (χ1n) is 18.6. The van der Waals surface area contributed by atoms with Crippen LogP contribution in [0.3, 0.4) is 0 Å². The molecule has 2 amide bonds. The van der Waals surface area contributed by atoms with Crippen LogP contribution in [0.5, 0.6) is 0 Å². The van der Waals surface area contributed by atoms with E-state index in [1.165, 1.54) is 0 Å². The molecule has 2 fully saturated rings. The number of hydrogen-bond donors (Lipinski definition) is 0. The number of ether oxygens (including phenoxy) is 4. The molecule has 2 heterocycles. The molecular weight excluding hydrogens is 636 g/mol. The number of carbonyl (C=O) groups is 4. The van der Waals surface area contributed by atoms with E-state index in [4.69, 9.17) is 18.9 Å². The van der Waals surface area contributed by atoms with E-state index in [0.717, 1.165) is 12.8 Å². The average molecular weight is 715 g/mol. The lowest BCUT2D eigenvalue weighted by atomic mass is 10.0. The number of carbonyl (C=O) groups excluding carboxylic acids is 4. The van der Waals surface area contributed by atoms with Crippen molar-refractivity contribution in [3.05, 3.63) is 0 Å². The highest BCUT2D eigenvalue weighted by molar-refractivity contribution is 5.82. The largest absolute Gasteiger partial charge is 0.377 e. The smallest absolute Gasteiger partial charge is 0.223 e. The molecule has 0 aliphatic carbocycles. The zero-order chi connectivity index (χ0) is 36.6. The Bertz CT molecular complexity index is 889. The lowest BCUT2D eigenvalue weighted by molar-refractivity contribution is -0.135. The molecule has 0 saturated carbocycles. The number of Topliss-reactive ketones (excluding diaryl/α,β-unsaturated/α-hetero) is 2. The minimum Gasteiger partial charge on any atom is -0.377 e. The topological polar surface area (TPSA) is 112 Å². The number of rotatable bonds is 20. The average Bonchev–Trinajstić information content (AvgIpc) is 3.57. The summed E-state index contributed by atoms with van der Waals surface area (Å²) < 4.78 is 23.3. The molecule has 2 saturated heterocycles. The SMILES string of the molecule is C.C.CC(C)OCC1CC(OC(C)C)CN1C(=O)CCCC(=O)C(C)C.CC(C)OC[C@@H]1C[C@@H](OC(C)C)CN1C(=O)CCCC(=O)C(C)C. The van der Waals surface area contributed by atoms with E-state index in [2.05, 4.69) is 0 Å². The van der Waals surface area contributed by atoms with Crippen molar-refractivity contribution in [2.45, 2.75) is 198 Å². The van der Waals surface area contributed by atoms with Gasteiger partial charge in [-0.1, -0.05) is 42.5 Å². The van der Waals surface area contributed by atoms with Crippen molar-refractivity contribution in [3.63, 3.8) is 0 Å². The second-order valence-corrected chi connectivity index (χ2v) is 15.2.